The van der Waals surface area contributed by atoms with Crippen LogP contribution in [0.4, 0.5) is 31.6 Å². The number of phenolic OH excluding ortho intramolecular Hbond substituents is 1. The molecule has 31 heteroatoms. The third kappa shape index (κ3) is 19.9. The van der Waals surface area contributed by atoms with Crippen LogP contribution in [0.5, 0.6) is 11.5 Å². The molecule has 516 valence electrons. The Morgan fingerprint density at radius 1 is 0.804 bits per heavy atom. The van der Waals surface area contributed by atoms with Gasteiger partial charge in [0.1, 0.15) is 54.4 Å². The first-order chi connectivity index (χ1) is 46.5. The number of imide groups is 1. The molecule has 1 unspecified atom stereocenters. The van der Waals surface area contributed by atoms with Gasteiger partial charge in [-0.3, -0.25) is 49.5 Å². The van der Waals surface area contributed by atoms with Crippen LogP contribution in [0, 0.1) is 5.92 Å². The van der Waals surface area contributed by atoms with Gasteiger partial charge in [-0.05, 0) is 110 Å². The maximum absolute atomic E-state index is 14.6. The summed E-state index contributed by atoms with van der Waals surface area (Å²) in [4.78, 5) is 143. The van der Waals surface area contributed by atoms with E-state index in [1.54, 1.807) is 73.3 Å². The zero-order valence-electron chi connectivity index (χ0n) is 53.5. The van der Waals surface area contributed by atoms with Crippen molar-refractivity contribution in [2.75, 3.05) is 87.6 Å². The molecule has 0 bridgehead atoms. The van der Waals surface area contributed by atoms with Crippen molar-refractivity contribution >= 4 is 110 Å². The number of benzene rings is 4. The molecule has 5 atom stereocenters. The standard InChI is InChI=1S/C66H78ClN13O17/c1-38(2)57(76-64(91)95-30-29-94-28-27-79-54(82)21-22-55(79)83)60(86)74-48(12-8-23-70-63(69)90)59(85)72-43-17-13-39(14-18-43)37-96-65(92)77(3)25-26-78(24-7-6-11-47(68)62(88)89)66(93)97-52-33-51-56(46-10-5-4-9-45(46)52)42(34-67)36-80(51)61(87)49-31-41-32-53(71-35-50(41)73-49)75-58(84)40-15-19-44(81)20-16-40/h4-5,9-10,13-22,31-33,35,38,42,47-48,57,63,70,73,81,90H,6-8,11-12,23-30,34,36-37,68-69H2,1-3H3,(H,72,85)(H,74,86)(H,76,91)(H,88,89)(H,71,75,84)/t42-,47+,48+,57+,63?/m1/s1. The van der Waals surface area contributed by atoms with Crippen molar-refractivity contribution in [2.24, 2.45) is 17.4 Å². The lowest BCUT2D eigenvalue weighted by Gasteiger charge is -2.26. The summed E-state index contributed by atoms with van der Waals surface area (Å²) in [6.45, 7) is 3.22. The normalized spacial score (nSPS) is 14.6. The number of rotatable bonds is 33. The Hall–Kier alpha value is -10.2. The number of halogens is 1. The highest BCUT2D eigenvalue weighted by atomic mass is 35.5. The lowest BCUT2D eigenvalue weighted by atomic mass is 9.95. The lowest BCUT2D eigenvalue weighted by Crippen LogP contribution is -2.54. The molecule has 2 aliphatic rings. The Morgan fingerprint density at radius 2 is 1.53 bits per heavy atom. The number of aliphatic hydroxyl groups excluding tert-OH is 1. The molecule has 4 heterocycles. The summed E-state index contributed by atoms with van der Waals surface area (Å²) >= 11 is 6.61. The van der Waals surface area contributed by atoms with Crippen molar-refractivity contribution in [2.45, 2.75) is 83.0 Å². The highest BCUT2D eigenvalue weighted by molar-refractivity contribution is 6.19. The van der Waals surface area contributed by atoms with Crippen molar-refractivity contribution in [3.05, 3.63) is 132 Å². The summed E-state index contributed by atoms with van der Waals surface area (Å²) in [6, 6.07) is 20.7. The van der Waals surface area contributed by atoms with E-state index in [-0.39, 0.29) is 120 Å². The van der Waals surface area contributed by atoms with Crippen molar-refractivity contribution < 1.29 is 82.2 Å². The monoisotopic (exact) mass is 1360 g/mol. The summed E-state index contributed by atoms with van der Waals surface area (Å²) < 4.78 is 22.4. The van der Waals surface area contributed by atoms with E-state index in [2.05, 4.69) is 36.6 Å². The van der Waals surface area contributed by atoms with Gasteiger partial charge in [0, 0.05) is 85.3 Å². The Kier molecular flexibility index (Phi) is 25.8. The quantitative estimate of drug-likeness (QED) is 0.0111. The van der Waals surface area contributed by atoms with Crippen LogP contribution in [0.25, 0.3) is 21.7 Å². The lowest BCUT2D eigenvalue weighted by molar-refractivity contribution is -0.139. The van der Waals surface area contributed by atoms with Gasteiger partial charge in [-0.15, -0.1) is 11.6 Å². The third-order valence-corrected chi connectivity index (χ3v) is 16.3. The Labute approximate surface area is 561 Å². The van der Waals surface area contributed by atoms with E-state index in [4.69, 9.17) is 42.0 Å². The van der Waals surface area contributed by atoms with E-state index in [0.29, 0.717) is 57.0 Å². The molecule has 13 N–H and O–H groups in total. The van der Waals surface area contributed by atoms with Crippen molar-refractivity contribution in [3.63, 3.8) is 0 Å². The maximum atomic E-state index is 14.6. The number of aromatic amines is 1. The molecular formula is C66H78ClN13O17. The fourth-order valence-electron chi connectivity index (χ4n) is 10.6. The zero-order chi connectivity index (χ0) is 69.9. The number of fused-ring (bicyclic) bond motifs is 4. The Morgan fingerprint density at radius 3 is 2.22 bits per heavy atom. The fourth-order valence-corrected chi connectivity index (χ4v) is 10.9. The van der Waals surface area contributed by atoms with Crippen LogP contribution >= 0.6 is 11.6 Å². The number of pyridine rings is 1. The number of nitrogens with two attached hydrogens (primary N) is 2. The van der Waals surface area contributed by atoms with Gasteiger partial charge < -0.3 is 81.0 Å². The van der Waals surface area contributed by atoms with Gasteiger partial charge in [0.25, 0.3) is 23.6 Å². The number of carbonyl (C=O) groups excluding carboxylic acids is 9. The smallest absolute Gasteiger partial charge is 0.415 e. The second kappa shape index (κ2) is 34.4. The summed E-state index contributed by atoms with van der Waals surface area (Å²) in [7, 11) is 1.48. The molecule has 97 heavy (non-hydrogen) atoms. The largest absolute Gasteiger partial charge is 0.508 e. The predicted molar refractivity (Wildman–Crippen MR) is 355 cm³/mol. The van der Waals surface area contributed by atoms with Gasteiger partial charge >= 0.3 is 24.2 Å². The SMILES string of the molecule is CC(C)[C@H](NC(=O)OCCOCCN1C(=O)C=CC1=O)C(=O)N[C@@H](CCCNC(N)O)C(=O)Nc1ccc(COC(=O)N(C)CCN(CCCC[C@H](N)C(=O)O)C(=O)Oc2cc3c(c4ccccc24)[C@H](CCl)CN3C(=O)c2cc3cc(NC(=O)c4ccc(O)cc4)ncc3[nH]2)cc1. The summed E-state index contributed by atoms with van der Waals surface area (Å²) in [6.07, 6.45) is 1.09. The second-order valence-electron chi connectivity index (χ2n) is 23.3. The number of amides is 9. The molecule has 0 saturated carbocycles. The summed E-state index contributed by atoms with van der Waals surface area (Å²) in [5.41, 5.74) is 14.3. The van der Waals surface area contributed by atoms with Crippen LogP contribution in [0.1, 0.15) is 83.8 Å². The molecule has 9 amide bonds. The number of likely N-dealkylation sites (N-methyl/N-ethyl adjacent to an activating group) is 1. The molecule has 4 aromatic carbocycles. The van der Waals surface area contributed by atoms with Gasteiger partial charge in [-0.25, -0.2) is 19.4 Å². The van der Waals surface area contributed by atoms with E-state index in [1.165, 1.54) is 47.3 Å². The van der Waals surface area contributed by atoms with Gasteiger partial charge in [0.15, 0.2) is 6.35 Å². The fraction of sp³-hybridized carbons (Fsp3) is 0.379. The number of aromatic hydroxyl groups is 1. The highest BCUT2D eigenvalue weighted by Gasteiger charge is 2.37. The van der Waals surface area contributed by atoms with Crippen LogP contribution < -0.4 is 47.7 Å². The van der Waals surface area contributed by atoms with E-state index >= 15 is 0 Å². The molecule has 0 radical (unpaired) electrons. The number of hydrogen-bond donors (Lipinski definition) is 11. The number of nitrogens with zero attached hydrogens (tertiary/aromatic N) is 5. The van der Waals surface area contributed by atoms with Crippen molar-refractivity contribution in [3.8, 4) is 11.5 Å². The second-order valence-corrected chi connectivity index (χ2v) is 23.6. The number of hydrogen-bond acceptors (Lipinski definition) is 20. The Balaban J connectivity index is 0.876. The molecule has 8 rings (SSSR count). The predicted octanol–water partition coefficient (Wildman–Crippen LogP) is 5.03. The van der Waals surface area contributed by atoms with Crippen LogP contribution in [0.15, 0.2) is 109 Å². The number of aliphatic hydroxyl groups is 1. The summed E-state index contributed by atoms with van der Waals surface area (Å²) in [5, 5.41) is 43.8. The van der Waals surface area contributed by atoms with Gasteiger partial charge in [-0.2, -0.15) is 0 Å². The molecule has 2 aliphatic heterocycles. The maximum Gasteiger partial charge on any atom is 0.415 e. The molecule has 6 aromatic rings. The van der Waals surface area contributed by atoms with Crippen LogP contribution in [0.3, 0.4) is 0 Å². The number of alkyl halides is 1. The van der Waals surface area contributed by atoms with E-state index in [0.717, 1.165) is 22.6 Å². The topological polar surface area (TPSA) is 422 Å². The number of carbonyl (C=O) groups is 10. The van der Waals surface area contributed by atoms with Gasteiger partial charge in [0.2, 0.25) is 11.8 Å². The molecular weight excluding hydrogens is 1280 g/mol. The number of anilines is 3. The average Bonchev–Trinajstić information content (AvgIpc) is 1.61. The molecule has 0 spiro atoms. The third-order valence-electron chi connectivity index (χ3n) is 15.9. The first-order valence-corrected chi connectivity index (χ1v) is 31.8. The number of carboxylic acid groups (broad SMARTS) is 1. The zero-order valence-corrected chi connectivity index (χ0v) is 54.3. The molecule has 30 nitrogen and oxygen atoms in total. The van der Waals surface area contributed by atoms with Gasteiger partial charge in [0.05, 0.1) is 37.2 Å². The summed E-state index contributed by atoms with van der Waals surface area (Å²) in [5.74, 6) is -4.56. The van der Waals surface area contributed by atoms with E-state index in [1.807, 2.05) is 12.1 Å². The number of aromatic nitrogens is 2. The minimum Gasteiger partial charge on any atom is -0.508 e. The number of phenols is 1. The van der Waals surface area contributed by atoms with E-state index < -0.39 is 90.1 Å². The van der Waals surface area contributed by atoms with Crippen molar-refractivity contribution in [1.29, 1.82) is 0 Å². The van der Waals surface area contributed by atoms with Gasteiger partial charge in [-0.1, -0.05) is 50.2 Å². The number of nitrogens with one attached hydrogen (secondary N) is 6. The molecule has 0 saturated heterocycles. The number of unbranched alkanes of at least 4 members (excludes halogenated alkanes) is 1. The number of aliphatic carboxylic acids is 1. The minimum atomic E-state index is -1.32. The molecule has 2 aromatic heterocycles. The molecule has 0 fully saturated rings. The number of alkyl carbamates (subject to hydrolysis) is 1. The first kappa shape index (κ1) is 72.6. The average molecular weight is 1360 g/mol. The van der Waals surface area contributed by atoms with Crippen LogP contribution in [0.2, 0.25) is 0 Å². The minimum absolute atomic E-state index is 0.00650. The highest BCUT2D eigenvalue weighted by Crippen LogP contribution is 2.46. The number of ether oxygens (including phenoxy) is 4. The van der Waals surface area contributed by atoms with Crippen LogP contribution in [-0.2, 0) is 44.8 Å². The number of H-pyrrole nitrogens is 1. The van der Waals surface area contributed by atoms with E-state index in [9.17, 15) is 63.3 Å². The number of carboxylic acids is 1. The van der Waals surface area contributed by atoms with Crippen molar-refractivity contribution in [1.82, 2.24) is 40.6 Å². The van der Waals surface area contributed by atoms with Crippen LogP contribution in [-0.4, -0.2) is 196 Å². The first-order valence-electron chi connectivity index (χ1n) is 31.3. The molecule has 0 aliphatic carbocycles. The Bertz CT molecular complexity index is 3850.